The van der Waals surface area contributed by atoms with Crippen LogP contribution in [0.15, 0.2) is 43.0 Å². The molecule has 1 aromatic carbocycles. The molecule has 11 nitrogen and oxygen atoms in total. The molecule has 3 atom stereocenters. The standard InChI is InChI=1S/C21H29N6O5P/c1-14(2)31-21(28)16(4)26-33(29,32-17-8-6-5-7-9-17)13-30-15(3)10-27-12-25-18-19(22)23-11-24-20(18)27/h5-9,11-12,14-16H,10,13H2,1-4H3,(H,26,29)(H2,22,23,24)/t15-,16-,33-/m0/s1. The van der Waals surface area contributed by atoms with Crippen molar-refractivity contribution in [2.24, 2.45) is 0 Å². The number of hydrogen-bond donors (Lipinski definition) is 2. The van der Waals surface area contributed by atoms with Crippen LogP contribution in [0.25, 0.3) is 11.2 Å². The van der Waals surface area contributed by atoms with Crippen LogP contribution < -0.4 is 15.3 Å². The quantitative estimate of drug-likeness (QED) is 0.313. The summed E-state index contributed by atoms with van der Waals surface area (Å²) in [7, 11) is -3.64. The van der Waals surface area contributed by atoms with E-state index in [0.717, 1.165) is 0 Å². The molecule has 2 heterocycles. The van der Waals surface area contributed by atoms with Crippen molar-refractivity contribution in [3.63, 3.8) is 0 Å². The summed E-state index contributed by atoms with van der Waals surface area (Å²) in [4.78, 5) is 24.6. The minimum Gasteiger partial charge on any atom is -0.462 e. The third-order valence-corrected chi connectivity index (χ3v) is 6.28. The van der Waals surface area contributed by atoms with E-state index in [2.05, 4.69) is 20.0 Å². The van der Waals surface area contributed by atoms with Gasteiger partial charge in [-0.25, -0.2) is 20.0 Å². The van der Waals surface area contributed by atoms with Gasteiger partial charge in [0.1, 0.15) is 30.0 Å². The summed E-state index contributed by atoms with van der Waals surface area (Å²) in [5.74, 6) is 0.151. The van der Waals surface area contributed by atoms with E-state index in [0.29, 0.717) is 29.3 Å². The number of hydrogen-bond acceptors (Lipinski definition) is 9. The van der Waals surface area contributed by atoms with Crippen molar-refractivity contribution in [1.29, 1.82) is 0 Å². The first-order valence-electron chi connectivity index (χ1n) is 10.5. The van der Waals surface area contributed by atoms with Gasteiger partial charge >= 0.3 is 13.5 Å². The number of carbonyl (C=O) groups is 1. The molecule has 0 aliphatic heterocycles. The highest BCUT2D eigenvalue weighted by Crippen LogP contribution is 2.44. The summed E-state index contributed by atoms with van der Waals surface area (Å²) in [5, 5.41) is 2.78. The lowest BCUT2D eigenvalue weighted by atomic mass is 10.3. The highest BCUT2D eigenvalue weighted by atomic mass is 31.2. The van der Waals surface area contributed by atoms with Gasteiger partial charge in [0.15, 0.2) is 11.5 Å². The van der Waals surface area contributed by atoms with Gasteiger partial charge in [-0.15, -0.1) is 0 Å². The summed E-state index contributed by atoms with van der Waals surface area (Å²) in [6.07, 6.45) is 2.01. The van der Waals surface area contributed by atoms with Crippen LogP contribution >= 0.6 is 7.52 Å². The van der Waals surface area contributed by atoms with E-state index in [1.54, 1.807) is 55.9 Å². The predicted octanol–water partition coefficient (Wildman–Crippen LogP) is 2.97. The van der Waals surface area contributed by atoms with Gasteiger partial charge in [0.25, 0.3) is 0 Å². The first kappa shape index (κ1) is 24.6. The first-order valence-corrected chi connectivity index (χ1v) is 12.3. The normalized spacial score (nSPS) is 15.2. The van der Waals surface area contributed by atoms with Gasteiger partial charge in [-0.1, -0.05) is 18.2 Å². The van der Waals surface area contributed by atoms with Crippen LogP contribution in [0, 0.1) is 0 Å². The van der Waals surface area contributed by atoms with Crippen molar-refractivity contribution in [3.8, 4) is 5.75 Å². The Morgan fingerprint density at radius 3 is 2.58 bits per heavy atom. The molecule has 0 amide bonds. The summed E-state index contributed by atoms with van der Waals surface area (Å²) in [6.45, 7) is 7.25. The maximum absolute atomic E-state index is 13.6. The SMILES string of the molecule is CC(C)OC(=O)[C@H](C)N[P@](=O)(CO[C@@H](C)Cn1cnc2c(N)ncnc21)Oc1ccccc1. The van der Waals surface area contributed by atoms with E-state index in [4.69, 9.17) is 19.7 Å². The number of nitrogens with two attached hydrogens (primary N) is 1. The van der Waals surface area contributed by atoms with Gasteiger partial charge in [-0.05, 0) is 39.8 Å². The van der Waals surface area contributed by atoms with Crippen LogP contribution in [0.3, 0.4) is 0 Å². The molecule has 178 valence electrons. The number of benzene rings is 1. The number of aromatic nitrogens is 4. The molecule has 0 fully saturated rings. The molecule has 0 bridgehead atoms. The average molecular weight is 476 g/mol. The fourth-order valence-electron chi connectivity index (χ4n) is 3.01. The molecule has 0 aliphatic carbocycles. The number of imidazole rings is 1. The first-order chi connectivity index (χ1) is 15.7. The zero-order valence-electron chi connectivity index (χ0n) is 19.0. The smallest absolute Gasteiger partial charge is 0.342 e. The van der Waals surface area contributed by atoms with Crippen LogP contribution in [-0.4, -0.2) is 50.1 Å². The fraction of sp³-hybridized carbons (Fsp3) is 0.429. The number of nitrogen functional groups attached to an aromatic ring is 1. The molecule has 0 saturated heterocycles. The van der Waals surface area contributed by atoms with Crippen molar-refractivity contribution in [2.45, 2.75) is 52.5 Å². The van der Waals surface area contributed by atoms with Crippen molar-refractivity contribution in [1.82, 2.24) is 24.6 Å². The van der Waals surface area contributed by atoms with E-state index in [9.17, 15) is 9.36 Å². The topological polar surface area (TPSA) is 143 Å². The predicted molar refractivity (Wildman–Crippen MR) is 124 cm³/mol. The second kappa shape index (κ2) is 10.7. The Morgan fingerprint density at radius 2 is 1.88 bits per heavy atom. The molecule has 33 heavy (non-hydrogen) atoms. The lowest BCUT2D eigenvalue weighted by molar-refractivity contribution is -0.149. The zero-order chi connectivity index (χ0) is 24.0. The molecule has 0 unspecified atom stereocenters. The fourth-order valence-corrected chi connectivity index (χ4v) is 4.80. The van der Waals surface area contributed by atoms with E-state index >= 15 is 0 Å². The largest absolute Gasteiger partial charge is 0.462 e. The molecule has 3 rings (SSSR count). The van der Waals surface area contributed by atoms with E-state index < -0.39 is 19.5 Å². The second-order valence-corrected chi connectivity index (χ2v) is 9.89. The minimum absolute atomic E-state index is 0.272. The maximum Gasteiger partial charge on any atom is 0.342 e. The van der Waals surface area contributed by atoms with E-state index in [1.807, 2.05) is 13.0 Å². The molecule has 0 radical (unpaired) electrons. The van der Waals surface area contributed by atoms with Crippen molar-refractivity contribution < 1.29 is 23.4 Å². The Morgan fingerprint density at radius 1 is 1.15 bits per heavy atom. The molecule has 3 N–H and O–H groups in total. The third-order valence-electron chi connectivity index (χ3n) is 4.50. The number of rotatable bonds is 11. The molecular weight excluding hydrogens is 447 g/mol. The number of nitrogens with zero attached hydrogens (tertiary/aromatic N) is 4. The Bertz CT molecular complexity index is 1120. The van der Waals surface area contributed by atoms with Crippen LogP contribution in [0.5, 0.6) is 5.75 Å². The van der Waals surface area contributed by atoms with Gasteiger partial charge in [0.05, 0.1) is 25.1 Å². The maximum atomic E-state index is 13.6. The minimum atomic E-state index is -3.64. The Kier molecular flexibility index (Phi) is 8.01. The van der Waals surface area contributed by atoms with Crippen LogP contribution in [0.1, 0.15) is 27.7 Å². The number of anilines is 1. The zero-order valence-corrected chi connectivity index (χ0v) is 19.9. The summed E-state index contributed by atoms with van der Waals surface area (Å²) < 4.78 is 32.2. The van der Waals surface area contributed by atoms with E-state index in [-0.39, 0.29) is 18.6 Å². The molecule has 0 aliphatic rings. The van der Waals surface area contributed by atoms with Crippen LogP contribution in [-0.2, 0) is 25.4 Å². The number of nitrogens with one attached hydrogen (secondary N) is 1. The summed E-state index contributed by atoms with van der Waals surface area (Å²) in [6, 6.07) is 7.83. The number of esters is 1. The Hall–Kier alpha value is -3.01. The highest BCUT2D eigenvalue weighted by Gasteiger charge is 2.32. The molecule has 3 aromatic rings. The Balaban J connectivity index is 1.70. The van der Waals surface area contributed by atoms with Crippen LogP contribution in [0.2, 0.25) is 0 Å². The molecule has 0 spiro atoms. The molecule has 12 heteroatoms. The number of carbonyl (C=O) groups excluding carboxylic acids is 1. The van der Waals surface area contributed by atoms with Crippen molar-refractivity contribution in [3.05, 3.63) is 43.0 Å². The summed E-state index contributed by atoms with van der Waals surface area (Å²) >= 11 is 0. The number of fused-ring (bicyclic) bond motifs is 1. The monoisotopic (exact) mass is 476 g/mol. The number of para-hydroxylation sites is 1. The van der Waals surface area contributed by atoms with Gasteiger partial charge < -0.3 is 24.3 Å². The van der Waals surface area contributed by atoms with Crippen molar-refractivity contribution in [2.75, 3.05) is 12.1 Å². The van der Waals surface area contributed by atoms with Gasteiger partial charge in [0.2, 0.25) is 0 Å². The van der Waals surface area contributed by atoms with Gasteiger partial charge in [-0.3, -0.25) is 9.36 Å². The van der Waals surface area contributed by atoms with Crippen LogP contribution in [0.4, 0.5) is 5.82 Å². The average Bonchev–Trinajstić information content (AvgIpc) is 3.16. The summed E-state index contributed by atoms with van der Waals surface area (Å²) in [5.41, 5.74) is 6.91. The van der Waals surface area contributed by atoms with Gasteiger partial charge in [-0.2, -0.15) is 0 Å². The van der Waals surface area contributed by atoms with E-state index in [1.165, 1.54) is 6.33 Å². The molecule has 2 aromatic heterocycles. The molecular formula is C21H29N6O5P. The highest BCUT2D eigenvalue weighted by molar-refractivity contribution is 7.57. The van der Waals surface area contributed by atoms with Gasteiger partial charge in [0, 0.05) is 0 Å². The lowest BCUT2D eigenvalue weighted by Crippen LogP contribution is -2.37. The lowest BCUT2D eigenvalue weighted by Gasteiger charge is -2.25. The Labute approximate surface area is 192 Å². The third kappa shape index (κ3) is 6.74. The molecule has 0 saturated carbocycles. The number of ether oxygens (including phenoxy) is 2. The van der Waals surface area contributed by atoms with Crippen molar-refractivity contribution >= 4 is 30.5 Å². The second-order valence-electron chi connectivity index (χ2n) is 7.85.